The van der Waals surface area contributed by atoms with E-state index in [0.29, 0.717) is 0 Å². The molecule has 6 heteroatoms. The summed E-state index contributed by atoms with van der Waals surface area (Å²) in [4.78, 5) is 17.3. The molecule has 0 radical (unpaired) electrons. The highest BCUT2D eigenvalue weighted by Crippen LogP contribution is 2.42. The van der Waals surface area contributed by atoms with E-state index in [-0.39, 0.29) is 24.6 Å². The van der Waals surface area contributed by atoms with Crippen LogP contribution in [-0.2, 0) is 22.4 Å². The Hall–Kier alpha value is -3.35. The zero-order valence-corrected chi connectivity index (χ0v) is 24.1. The minimum atomic E-state index is -1.04. The Kier molecular flexibility index (Phi) is 9.22. The molecular formula is C34H40FNO4. The number of aromatic nitrogens is 1. The maximum Gasteiger partial charge on any atom is 0.308 e. The highest BCUT2D eigenvalue weighted by atomic mass is 19.1. The normalized spacial score (nSPS) is 14.9. The number of ether oxygens (including phenoxy) is 1. The minimum absolute atomic E-state index is 0.00954. The molecule has 0 aliphatic heterocycles. The first-order valence-electron chi connectivity index (χ1n) is 14.1. The highest BCUT2D eigenvalue weighted by Gasteiger charge is 2.25. The molecule has 212 valence electrons. The largest absolute Gasteiger partial charge is 0.460 e. The summed E-state index contributed by atoms with van der Waals surface area (Å²) in [5.74, 6) is -0.730. The lowest BCUT2D eigenvalue weighted by Gasteiger charge is -2.22. The number of pyridine rings is 1. The zero-order valence-electron chi connectivity index (χ0n) is 24.1. The lowest BCUT2D eigenvalue weighted by molar-refractivity contribution is -0.157. The van der Waals surface area contributed by atoms with Crippen molar-refractivity contribution in [1.29, 1.82) is 0 Å². The molecule has 2 aromatic carbocycles. The second-order valence-corrected chi connectivity index (χ2v) is 11.9. The van der Waals surface area contributed by atoms with Gasteiger partial charge in [-0.2, -0.15) is 0 Å². The molecule has 0 bridgehead atoms. The fourth-order valence-electron chi connectivity index (χ4n) is 5.33. The van der Waals surface area contributed by atoms with Gasteiger partial charge in [-0.3, -0.25) is 9.78 Å². The summed E-state index contributed by atoms with van der Waals surface area (Å²) in [6, 6.07) is 14.9. The Morgan fingerprint density at radius 2 is 1.77 bits per heavy atom. The molecule has 0 saturated heterocycles. The van der Waals surface area contributed by atoms with Crippen LogP contribution in [0.3, 0.4) is 0 Å². The Morgan fingerprint density at radius 3 is 2.45 bits per heavy atom. The maximum absolute atomic E-state index is 14.0. The van der Waals surface area contributed by atoms with Crippen LogP contribution in [0.5, 0.6) is 0 Å². The number of aryl methyl sites for hydroxylation is 1. The van der Waals surface area contributed by atoms with E-state index in [2.05, 4.69) is 32.0 Å². The molecule has 40 heavy (non-hydrogen) atoms. The van der Waals surface area contributed by atoms with Crippen molar-refractivity contribution >= 4 is 12.0 Å². The number of carbonyl (C=O) groups is 1. The van der Waals surface area contributed by atoms with Gasteiger partial charge in [0.1, 0.15) is 11.4 Å². The summed E-state index contributed by atoms with van der Waals surface area (Å²) in [5, 5.41) is 21.2. The first kappa shape index (κ1) is 29.6. The molecule has 5 nitrogen and oxygen atoms in total. The number of hydrogen-bond donors (Lipinski definition) is 2. The summed E-state index contributed by atoms with van der Waals surface area (Å²) in [6.45, 7) is 9.49. The quantitative estimate of drug-likeness (QED) is 0.297. The number of halogens is 1. The van der Waals surface area contributed by atoms with Crippen LogP contribution in [0.15, 0.2) is 54.6 Å². The molecule has 1 aliphatic carbocycles. The molecule has 4 rings (SSSR count). The van der Waals surface area contributed by atoms with E-state index in [9.17, 15) is 19.4 Å². The number of carbonyl (C=O) groups excluding carboxylic acids is 1. The number of aliphatic hydroxyl groups is 2. The van der Waals surface area contributed by atoms with Crippen molar-refractivity contribution < 1.29 is 24.1 Å². The third-order valence-corrected chi connectivity index (χ3v) is 7.01. The fourth-order valence-corrected chi connectivity index (χ4v) is 5.33. The van der Waals surface area contributed by atoms with E-state index in [0.717, 1.165) is 58.5 Å². The van der Waals surface area contributed by atoms with E-state index in [1.54, 1.807) is 39.0 Å². The molecule has 1 heterocycles. The lowest BCUT2D eigenvalue weighted by atomic mass is 9.86. The first-order valence-corrected chi connectivity index (χ1v) is 14.1. The van der Waals surface area contributed by atoms with Gasteiger partial charge in [0.05, 0.1) is 30.0 Å². The molecule has 3 aromatic rings. The van der Waals surface area contributed by atoms with Crippen molar-refractivity contribution in [2.24, 2.45) is 0 Å². The summed E-state index contributed by atoms with van der Waals surface area (Å²) in [6.07, 6.45) is 4.00. The van der Waals surface area contributed by atoms with E-state index in [1.807, 2.05) is 12.1 Å². The summed E-state index contributed by atoms with van der Waals surface area (Å²) in [7, 11) is 0. The van der Waals surface area contributed by atoms with E-state index >= 15 is 0 Å². The number of nitrogens with zero attached hydrogens (tertiary/aromatic N) is 1. The molecule has 0 amide bonds. The standard InChI is InChI=1S/C34H40FNO4/c1-21(2)32-29(18-17-25(37)19-26(38)20-30(39)40-34(3,4)5)31(23-13-15-24(35)16-14-23)28-12-8-10-22-9-6-7-11-27(22)33(28)36-32/h6-7,9,11,13-18,21,25-26,37-38H,8,10,12,19-20H2,1-5H3/b18-17+/t25-,26-/m1/s1. The van der Waals surface area contributed by atoms with Crippen molar-refractivity contribution in [1.82, 2.24) is 4.98 Å². The van der Waals surface area contributed by atoms with E-state index in [1.165, 1.54) is 17.7 Å². The van der Waals surface area contributed by atoms with Gasteiger partial charge in [0.25, 0.3) is 0 Å². The number of benzene rings is 2. The van der Waals surface area contributed by atoms with Crippen molar-refractivity contribution in [2.45, 2.75) is 90.4 Å². The second kappa shape index (κ2) is 12.4. The van der Waals surface area contributed by atoms with Gasteiger partial charge >= 0.3 is 5.97 Å². The molecule has 0 saturated carbocycles. The predicted molar refractivity (Wildman–Crippen MR) is 157 cm³/mol. The van der Waals surface area contributed by atoms with Gasteiger partial charge in [-0.25, -0.2) is 4.39 Å². The van der Waals surface area contributed by atoms with Gasteiger partial charge in [-0.1, -0.05) is 62.4 Å². The third kappa shape index (κ3) is 7.23. The maximum atomic E-state index is 14.0. The first-order chi connectivity index (χ1) is 18.9. The Balaban J connectivity index is 1.75. The van der Waals surface area contributed by atoms with Gasteiger partial charge in [0, 0.05) is 17.5 Å². The zero-order chi connectivity index (χ0) is 29.0. The fraction of sp³-hybridized carbons (Fsp3) is 0.412. The van der Waals surface area contributed by atoms with Gasteiger partial charge < -0.3 is 14.9 Å². The number of rotatable bonds is 8. The van der Waals surface area contributed by atoms with E-state index in [4.69, 9.17) is 9.72 Å². The second-order valence-electron chi connectivity index (χ2n) is 11.9. The van der Waals surface area contributed by atoms with Crippen molar-refractivity contribution in [3.05, 3.63) is 82.8 Å². The van der Waals surface area contributed by atoms with Crippen LogP contribution in [0, 0.1) is 5.82 Å². The number of hydrogen-bond acceptors (Lipinski definition) is 5. The van der Waals surface area contributed by atoms with Crippen LogP contribution in [0.2, 0.25) is 0 Å². The smallest absolute Gasteiger partial charge is 0.308 e. The summed E-state index contributed by atoms with van der Waals surface area (Å²) in [5.41, 5.74) is 7.46. The Labute approximate surface area is 236 Å². The van der Waals surface area contributed by atoms with Crippen LogP contribution < -0.4 is 0 Å². The highest BCUT2D eigenvalue weighted by molar-refractivity contribution is 5.85. The molecule has 0 spiro atoms. The molecule has 2 N–H and O–H groups in total. The summed E-state index contributed by atoms with van der Waals surface area (Å²) >= 11 is 0. The Bertz CT molecular complexity index is 1370. The molecule has 0 fully saturated rings. The van der Waals surface area contributed by atoms with Crippen LogP contribution in [0.4, 0.5) is 4.39 Å². The van der Waals surface area contributed by atoms with Crippen LogP contribution in [-0.4, -0.2) is 39.0 Å². The van der Waals surface area contributed by atoms with Gasteiger partial charge in [-0.15, -0.1) is 0 Å². The predicted octanol–water partition coefficient (Wildman–Crippen LogP) is 7.02. The Morgan fingerprint density at radius 1 is 1.07 bits per heavy atom. The lowest BCUT2D eigenvalue weighted by Crippen LogP contribution is -2.27. The average molecular weight is 546 g/mol. The van der Waals surface area contributed by atoms with Crippen LogP contribution >= 0.6 is 0 Å². The number of esters is 1. The SMILES string of the molecule is CC(C)c1nc2c(c(-c3ccc(F)cc3)c1/C=C/[C@@H](O)C[C@@H](O)CC(=O)OC(C)(C)C)CCCc1ccccc1-2. The number of aliphatic hydroxyl groups excluding tert-OH is 2. The molecular weight excluding hydrogens is 505 g/mol. The van der Waals surface area contributed by atoms with Crippen molar-refractivity contribution in [3.63, 3.8) is 0 Å². The van der Waals surface area contributed by atoms with Gasteiger partial charge in [0.2, 0.25) is 0 Å². The average Bonchev–Trinajstić information content (AvgIpc) is 3.05. The number of fused-ring (bicyclic) bond motifs is 3. The van der Waals surface area contributed by atoms with E-state index < -0.39 is 23.8 Å². The monoisotopic (exact) mass is 545 g/mol. The van der Waals surface area contributed by atoms with Crippen LogP contribution in [0.1, 0.15) is 82.2 Å². The van der Waals surface area contributed by atoms with Crippen molar-refractivity contribution in [2.75, 3.05) is 0 Å². The third-order valence-electron chi connectivity index (χ3n) is 7.01. The molecule has 2 atom stereocenters. The minimum Gasteiger partial charge on any atom is -0.460 e. The molecule has 1 aromatic heterocycles. The molecule has 0 unspecified atom stereocenters. The van der Waals surface area contributed by atoms with Crippen LogP contribution in [0.25, 0.3) is 28.5 Å². The summed E-state index contributed by atoms with van der Waals surface area (Å²) < 4.78 is 19.2. The molecule has 1 aliphatic rings. The topological polar surface area (TPSA) is 79.7 Å². The van der Waals surface area contributed by atoms with Gasteiger partial charge in [0.15, 0.2) is 0 Å². The van der Waals surface area contributed by atoms with Crippen molar-refractivity contribution in [3.8, 4) is 22.4 Å². The van der Waals surface area contributed by atoms with Gasteiger partial charge in [-0.05, 0) is 80.3 Å².